The van der Waals surface area contributed by atoms with Gasteiger partial charge in [-0.15, -0.1) is 11.8 Å². The molecule has 1 heterocycles. The van der Waals surface area contributed by atoms with Crippen LogP contribution in [0.5, 0.6) is 0 Å². The number of aliphatic carboxylic acids is 1. The lowest BCUT2D eigenvalue weighted by molar-refractivity contribution is -0.138. The van der Waals surface area contributed by atoms with E-state index in [4.69, 9.17) is 5.11 Å². The Morgan fingerprint density at radius 1 is 1.35 bits per heavy atom. The Hall–Kier alpha value is -1.40. The number of Topliss-reactive ketones (excluding diaryl/α,β-unsaturated/α-hetero) is 1. The number of hydrogen-bond acceptors (Lipinski definition) is 4. The van der Waals surface area contributed by atoms with Crippen molar-refractivity contribution in [2.45, 2.75) is 11.3 Å². The van der Waals surface area contributed by atoms with Crippen molar-refractivity contribution in [2.75, 3.05) is 5.88 Å². The minimum absolute atomic E-state index is 0.285. The summed E-state index contributed by atoms with van der Waals surface area (Å²) >= 11 is 1.25. The van der Waals surface area contributed by atoms with Gasteiger partial charge in [-0.25, -0.2) is 4.39 Å². The van der Waals surface area contributed by atoms with Gasteiger partial charge < -0.3 is 5.11 Å². The second-order valence-electron chi connectivity index (χ2n) is 3.62. The summed E-state index contributed by atoms with van der Waals surface area (Å²) in [5.74, 6) is -1.33. The summed E-state index contributed by atoms with van der Waals surface area (Å²) in [6.45, 7) is 0. The van der Waals surface area contributed by atoms with Crippen molar-refractivity contribution in [3.63, 3.8) is 0 Å². The lowest BCUT2D eigenvalue weighted by Crippen LogP contribution is -2.41. The van der Waals surface area contributed by atoms with E-state index in [9.17, 15) is 14.0 Å². The Balaban J connectivity index is 2.19. The monoisotopic (exact) mass is 255 g/mol. The number of rotatable bonds is 3. The molecule has 0 saturated carbocycles. The third kappa shape index (κ3) is 2.48. The zero-order valence-electron chi connectivity index (χ0n) is 8.72. The van der Waals surface area contributed by atoms with E-state index in [0.29, 0.717) is 11.4 Å². The van der Waals surface area contributed by atoms with E-state index >= 15 is 0 Å². The average molecular weight is 255 g/mol. The van der Waals surface area contributed by atoms with Crippen LogP contribution in [0.25, 0.3) is 0 Å². The van der Waals surface area contributed by atoms with Gasteiger partial charge in [0.15, 0.2) is 5.78 Å². The van der Waals surface area contributed by atoms with E-state index in [1.807, 2.05) is 0 Å². The lowest BCUT2D eigenvalue weighted by atomic mass is 10.0. The first-order valence-corrected chi connectivity index (χ1v) is 6.02. The van der Waals surface area contributed by atoms with Gasteiger partial charge in [0.05, 0.1) is 5.25 Å². The summed E-state index contributed by atoms with van der Waals surface area (Å²) < 4.78 is 12.7. The molecule has 1 fully saturated rings. The van der Waals surface area contributed by atoms with Crippen LogP contribution in [0.3, 0.4) is 0 Å². The molecule has 0 bridgehead atoms. The number of nitrogens with one attached hydrogen (secondary N) is 1. The zero-order valence-corrected chi connectivity index (χ0v) is 9.54. The fourth-order valence-electron chi connectivity index (χ4n) is 1.65. The molecule has 1 saturated heterocycles. The first kappa shape index (κ1) is 12.1. The molecule has 1 aliphatic rings. The fraction of sp³-hybridized carbons (Fsp3) is 0.273. The molecule has 17 heavy (non-hydrogen) atoms. The van der Waals surface area contributed by atoms with Gasteiger partial charge in [-0.1, -0.05) is 0 Å². The molecular formula is C11H10FNO3S. The minimum atomic E-state index is -1.05. The van der Waals surface area contributed by atoms with Gasteiger partial charge in [0, 0.05) is 11.4 Å². The van der Waals surface area contributed by atoms with E-state index in [0.717, 1.165) is 0 Å². The lowest BCUT2D eigenvalue weighted by Gasteiger charge is -2.13. The number of ketones is 1. The molecule has 0 radical (unpaired) electrons. The van der Waals surface area contributed by atoms with Crippen LogP contribution < -0.4 is 5.32 Å². The summed E-state index contributed by atoms with van der Waals surface area (Å²) in [4.78, 5) is 22.9. The minimum Gasteiger partial charge on any atom is -0.480 e. The second kappa shape index (κ2) is 4.85. The Labute approximate surface area is 101 Å². The third-order valence-corrected chi connectivity index (χ3v) is 3.70. The highest BCUT2D eigenvalue weighted by molar-refractivity contribution is 8.00. The van der Waals surface area contributed by atoms with Crippen molar-refractivity contribution < 1.29 is 19.1 Å². The molecule has 90 valence electrons. The van der Waals surface area contributed by atoms with Crippen LogP contribution in [0.15, 0.2) is 24.3 Å². The maximum atomic E-state index is 12.7. The van der Waals surface area contributed by atoms with Crippen LogP contribution in [0.1, 0.15) is 10.4 Å². The van der Waals surface area contributed by atoms with Crippen LogP contribution in [0, 0.1) is 5.82 Å². The van der Waals surface area contributed by atoms with Crippen molar-refractivity contribution in [2.24, 2.45) is 0 Å². The van der Waals surface area contributed by atoms with Gasteiger partial charge in [-0.2, -0.15) is 0 Å². The molecule has 1 unspecified atom stereocenters. The maximum Gasteiger partial charge on any atom is 0.322 e. The summed E-state index contributed by atoms with van der Waals surface area (Å²) in [6, 6.07) is 4.24. The van der Waals surface area contributed by atoms with Crippen LogP contribution in [0.2, 0.25) is 0 Å². The number of carbonyl (C=O) groups is 2. The molecule has 2 rings (SSSR count). The first-order valence-electron chi connectivity index (χ1n) is 4.97. The van der Waals surface area contributed by atoms with Crippen molar-refractivity contribution in [3.8, 4) is 0 Å². The average Bonchev–Trinajstić information content (AvgIpc) is 2.78. The maximum absolute atomic E-state index is 12.7. The van der Waals surface area contributed by atoms with Gasteiger partial charge in [-0.3, -0.25) is 14.9 Å². The van der Waals surface area contributed by atoms with Gasteiger partial charge in [0.1, 0.15) is 11.9 Å². The molecule has 2 N–H and O–H groups in total. The second-order valence-corrected chi connectivity index (χ2v) is 4.75. The molecule has 0 amide bonds. The molecule has 0 spiro atoms. The topological polar surface area (TPSA) is 66.4 Å². The normalized spacial score (nSPS) is 23.6. The Kier molecular flexibility index (Phi) is 3.44. The van der Waals surface area contributed by atoms with E-state index in [1.54, 1.807) is 0 Å². The number of hydrogen-bond donors (Lipinski definition) is 2. The number of carboxylic acids is 1. The molecule has 0 aromatic heterocycles. The van der Waals surface area contributed by atoms with E-state index in [2.05, 4.69) is 5.32 Å². The van der Waals surface area contributed by atoms with E-state index in [-0.39, 0.29) is 5.78 Å². The molecule has 0 aliphatic carbocycles. The van der Waals surface area contributed by atoms with Crippen molar-refractivity contribution in [1.29, 1.82) is 0 Å². The Morgan fingerprint density at radius 3 is 2.59 bits per heavy atom. The molecule has 4 nitrogen and oxygen atoms in total. The summed E-state index contributed by atoms with van der Waals surface area (Å²) in [7, 11) is 0. The molecule has 6 heteroatoms. The van der Waals surface area contributed by atoms with Crippen LogP contribution in [-0.4, -0.2) is 34.0 Å². The van der Waals surface area contributed by atoms with Gasteiger partial charge in [-0.05, 0) is 24.3 Å². The van der Waals surface area contributed by atoms with Crippen LogP contribution >= 0.6 is 11.8 Å². The highest BCUT2D eigenvalue weighted by atomic mass is 32.2. The van der Waals surface area contributed by atoms with Gasteiger partial charge in [0.2, 0.25) is 0 Å². The summed E-state index contributed by atoms with van der Waals surface area (Å²) in [5, 5.41) is 11.0. The molecule has 1 aromatic rings. The molecule has 1 aromatic carbocycles. The zero-order chi connectivity index (χ0) is 12.4. The van der Waals surface area contributed by atoms with E-state index < -0.39 is 23.1 Å². The SMILES string of the molecule is O=C(c1ccc(F)cc1)C1SCN[C@@H]1C(=O)O. The Bertz CT molecular complexity index is 449. The molecule has 1 aliphatic heterocycles. The summed E-state index contributed by atoms with van der Waals surface area (Å²) in [5.41, 5.74) is 0.332. The van der Waals surface area contributed by atoms with Gasteiger partial charge in [0.25, 0.3) is 0 Å². The highest BCUT2D eigenvalue weighted by Gasteiger charge is 2.38. The fourth-order valence-corrected chi connectivity index (χ4v) is 2.80. The first-order chi connectivity index (χ1) is 8.09. The smallest absolute Gasteiger partial charge is 0.322 e. The number of thioether (sulfide) groups is 1. The summed E-state index contributed by atoms with van der Waals surface area (Å²) in [6.07, 6.45) is 0. The number of carboxylic acid groups (broad SMARTS) is 1. The predicted molar refractivity (Wildman–Crippen MR) is 61.5 cm³/mol. The standard InChI is InChI=1S/C11H10FNO3S/c12-7-3-1-6(2-4-7)9(14)10-8(11(15)16)13-5-17-10/h1-4,8,10,13H,5H2,(H,15,16)/t8-,10?/m0/s1. The highest BCUT2D eigenvalue weighted by Crippen LogP contribution is 2.25. The largest absolute Gasteiger partial charge is 0.480 e. The molecular weight excluding hydrogens is 245 g/mol. The quantitative estimate of drug-likeness (QED) is 0.792. The Morgan fingerprint density at radius 2 is 2.00 bits per heavy atom. The number of halogens is 1. The van der Waals surface area contributed by atoms with Gasteiger partial charge >= 0.3 is 5.97 Å². The molecule has 2 atom stereocenters. The van der Waals surface area contributed by atoms with Crippen molar-refractivity contribution in [3.05, 3.63) is 35.6 Å². The third-order valence-electron chi connectivity index (χ3n) is 2.52. The number of benzene rings is 1. The van der Waals surface area contributed by atoms with Crippen molar-refractivity contribution in [1.82, 2.24) is 5.32 Å². The van der Waals surface area contributed by atoms with Crippen molar-refractivity contribution >= 4 is 23.5 Å². The van der Waals surface area contributed by atoms with Crippen LogP contribution in [0.4, 0.5) is 4.39 Å². The number of carbonyl (C=O) groups excluding carboxylic acids is 1. The van der Waals surface area contributed by atoms with Crippen LogP contribution in [-0.2, 0) is 4.79 Å². The predicted octanol–water partition coefficient (Wildman–Crippen LogP) is 1.12. The van der Waals surface area contributed by atoms with E-state index in [1.165, 1.54) is 36.0 Å².